The topological polar surface area (TPSA) is 46.3 Å². The summed E-state index contributed by atoms with van der Waals surface area (Å²) < 4.78 is 13.0. The quantitative estimate of drug-likeness (QED) is 0.901. The molecule has 0 saturated carbocycles. The summed E-state index contributed by atoms with van der Waals surface area (Å²) in [6.45, 7) is 3.25. The zero-order chi connectivity index (χ0) is 17.1. The Kier molecular flexibility index (Phi) is 6.57. The minimum atomic E-state index is -0.256. The number of nitrogens with zero attached hydrogens (tertiary/aromatic N) is 1. The first-order chi connectivity index (χ1) is 11.5. The maximum Gasteiger partial charge on any atom is 0.223 e. The van der Waals surface area contributed by atoms with Crippen LogP contribution in [0.4, 0.5) is 4.39 Å². The van der Waals surface area contributed by atoms with Gasteiger partial charge in [-0.25, -0.2) is 4.39 Å². The number of benzene rings is 2. The molecular formula is C20H24ClFN2O. The molecule has 5 heteroatoms. The third kappa shape index (κ3) is 4.59. The Labute approximate surface area is 154 Å². The standard InChI is InChI=1S/C20H23FN2O.ClH/c1-14(15-7-9-17(21)10-8-15)11-20(24)23-12-18(19(22)13-23)16-5-3-2-4-6-16;/h2-10,14,18-19H,11-13,22H2,1H3;1H/t14?,18-,19+;/m0./s1. The normalized spacial score (nSPS) is 20.8. The molecule has 2 aromatic rings. The average molecular weight is 363 g/mol. The van der Waals surface area contributed by atoms with E-state index in [1.54, 1.807) is 12.1 Å². The predicted octanol–water partition coefficient (Wildman–Crippen LogP) is 3.69. The molecule has 134 valence electrons. The van der Waals surface area contributed by atoms with Gasteiger partial charge in [-0.15, -0.1) is 12.4 Å². The lowest BCUT2D eigenvalue weighted by molar-refractivity contribution is -0.130. The number of amides is 1. The van der Waals surface area contributed by atoms with Gasteiger partial charge in [0.2, 0.25) is 5.91 Å². The zero-order valence-corrected chi connectivity index (χ0v) is 15.1. The summed E-state index contributed by atoms with van der Waals surface area (Å²) in [7, 11) is 0. The third-order valence-corrected chi connectivity index (χ3v) is 4.87. The molecule has 0 aromatic heterocycles. The number of hydrogen-bond acceptors (Lipinski definition) is 2. The van der Waals surface area contributed by atoms with Crippen LogP contribution in [0.5, 0.6) is 0 Å². The van der Waals surface area contributed by atoms with Crippen molar-refractivity contribution < 1.29 is 9.18 Å². The first-order valence-corrected chi connectivity index (χ1v) is 8.38. The van der Waals surface area contributed by atoms with Crippen molar-refractivity contribution in [3.8, 4) is 0 Å². The number of nitrogens with two attached hydrogens (primary N) is 1. The summed E-state index contributed by atoms with van der Waals surface area (Å²) in [5.41, 5.74) is 8.43. The van der Waals surface area contributed by atoms with Gasteiger partial charge in [-0.1, -0.05) is 49.4 Å². The number of likely N-dealkylation sites (tertiary alicyclic amines) is 1. The molecule has 0 bridgehead atoms. The molecule has 0 aliphatic carbocycles. The molecule has 3 nitrogen and oxygen atoms in total. The molecule has 1 aliphatic heterocycles. The van der Waals surface area contributed by atoms with Crippen molar-refractivity contribution in [3.63, 3.8) is 0 Å². The molecule has 1 unspecified atom stereocenters. The summed E-state index contributed by atoms with van der Waals surface area (Å²) >= 11 is 0. The Hall–Kier alpha value is -1.91. The highest BCUT2D eigenvalue weighted by atomic mass is 35.5. The highest BCUT2D eigenvalue weighted by Crippen LogP contribution is 2.28. The van der Waals surface area contributed by atoms with E-state index in [4.69, 9.17) is 5.73 Å². The number of rotatable bonds is 4. The van der Waals surface area contributed by atoms with Crippen LogP contribution < -0.4 is 5.73 Å². The molecule has 0 radical (unpaired) electrons. The van der Waals surface area contributed by atoms with Crippen molar-refractivity contribution in [1.82, 2.24) is 4.90 Å². The van der Waals surface area contributed by atoms with Crippen LogP contribution in [0.2, 0.25) is 0 Å². The van der Waals surface area contributed by atoms with E-state index in [1.165, 1.54) is 17.7 Å². The van der Waals surface area contributed by atoms with Gasteiger partial charge in [-0.3, -0.25) is 4.79 Å². The van der Waals surface area contributed by atoms with Crippen LogP contribution in [0.1, 0.15) is 36.3 Å². The second-order valence-electron chi connectivity index (χ2n) is 6.64. The van der Waals surface area contributed by atoms with Gasteiger partial charge in [0.25, 0.3) is 0 Å². The summed E-state index contributed by atoms with van der Waals surface area (Å²) in [4.78, 5) is 14.5. The van der Waals surface area contributed by atoms with Gasteiger partial charge >= 0.3 is 0 Å². The molecule has 1 aliphatic rings. The number of carbonyl (C=O) groups is 1. The van der Waals surface area contributed by atoms with Crippen molar-refractivity contribution in [2.75, 3.05) is 13.1 Å². The fourth-order valence-electron chi connectivity index (χ4n) is 3.39. The molecule has 0 spiro atoms. The summed E-state index contributed by atoms with van der Waals surface area (Å²) in [5.74, 6) is 0.107. The van der Waals surface area contributed by atoms with E-state index in [2.05, 4.69) is 12.1 Å². The van der Waals surface area contributed by atoms with Crippen LogP contribution in [-0.4, -0.2) is 29.9 Å². The Morgan fingerprint density at radius 2 is 1.80 bits per heavy atom. The van der Waals surface area contributed by atoms with E-state index in [1.807, 2.05) is 30.0 Å². The van der Waals surface area contributed by atoms with Gasteiger partial charge in [0, 0.05) is 31.5 Å². The number of hydrogen-bond donors (Lipinski definition) is 1. The van der Waals surface area contributed by atoms with E-state index < -0.39 is 0 Å². The van der Waals surface area contributed by atoms with Crippen molar-refractivity contribution >= 4 is 18.3 Å². The zero-order valence-electron chi connectivity index (χ0n) is 14.3. The molecule has 1 heterocycles. The number of halogens is 2. The van der Waals surface area contributed by atoms with Gasteiger partial charge in [-0.2, -0.15) is 0 Å². The fourth-order valence-corrected chi connectivity index (χ4v) is 3.39. The molecule has 1 amide bonds. The van der Waals surface area contributed by atoms with Gasteiger partial charge < -0.3 is 10.6 Å². The third-order valence-electron chi connectivity index (χ3n) is 4.87. The van der Waals surface area contributed by atoms with Crippen LogP contribution in [0, 0.1) is 5.82 Å². The molecule has 2 N–H and O–H groups in total. The SMILES string of the molecule is CC(CC(=O)N1C[C@@H](N)[C@H](c2ccccc2)C1)c1ccc(F)cc1.Cl. The molecule has 3 rings (SSSR count). The largest absolute Gasteiger partial charge is 0.340 e. The van der Waals surface area contributed by atoms with Crippen LogP contribution in [0.25, 0.3) is 0 Å². The fraction of sp³-hybridized carbons (Fsp3) is 0.350. The van der Waals surface area contributed by atoms with Gasteiger partial charge in [0.05, 0.1) is 0 Å². The van der Waals surface area contributed by atoms with Crippen LogP contribution in [0.15, 0.2) is 54.6 Å². The molecule has 3 atom stereocenters. The lowest BCUT2D eigenvalue weighted by Gasteiger charge is -2.19. The van der Waals surface area contributed by atoms with Crippen LogP contribution in [-0.2, 0) is 4.79 Å². The lowest BCUT2D eigenvalue weighted by atomic mass is 9.95. The smallest absolute Gasteiger partial charge is 0.223 e. The van der Waals surface area contributed by atoms with Crippen LogP contribution in [0.3, 0.4) is 0 Å². The first kappa shape index (κ1) is 19.4. The second kappa shape index (κ2) is 8.45. The molecular weight excluding hydrogens is 339 g/mol. The van der Waals surface area contributed by atoms with Crippen molar-refractivity contribution in [1.29, 1.82) is 0 Å². The lowest BCUT2D eigenvalue weighted by Crippen LogP contribution is -2.32. The maximum absolute atomic E-state index is 13.0. The van der Waals surface area contributed by atoms with Crippen molar-refractivity contribution in [2.45, 2.75) is 31.2 Å². The van der Waals surface area contributed by atoms with Gasteiger partial charge in [0.15, 0.2) is 0 Å². The average Bonchev–Trinajstić information content (AvgIpc) is 2.98. The van der Waals surface area contributed by atoms with Gasteiger partial charge in [-0.05, 0) is 29.2 Å². The van der Waals surface area contributed by atoms with E-state index in [0.717, 1.165) is 5.56 Å². The number of carbonyl (C=O) groups excluding carboxylic acids is 1. The predicted molar refractivity (Wildman–Crippen MR) is 100 cm³/mol. The highest BCUT2D eigenvalue weighted by molar-refractivity contribution is 5.85. The second-order valence-corrected chi connectivity index (χ2v) is 6.64. The van der Waals surface area contributed by atoms with Crippen molar-refractivity contribution in [3.05, 3.63) is 71.5 Å². The van der Waals surface area contributed by atoms with E-state index >= 15 is 0 Å². The first-order valence-electron chi connectivity index (χ1n) is 8.38. The Morgan fingerprint density at radius 3 is 2.44 bits per heavy atom. The van der Waals surface area contributed by atoms with Gasteiger partial charge in [0.1, 0.15) is 5.82 Å². The van der Waals surface area contributed by atoms with Crippen LogP contribution >= 0.6 is 12.4 Å². The molecule has 1 fully saturated rings. The highest BCUT2D eigenvalue weighted by Gasteiger charge is 2.34. The summed E-state index contributed by atoms with van der Waals surface area (Å²) in [5, 5.41) is 0. The summed E-state index contributed by atoms with van der Waals surface area (Å²) in [6, 6.07) is 16.5. The molecule has 2 aromatic carbocycles. The Morgan fingerprint density at radius 1 is 1.16 bits per heavy atom. The van der Waals surface area contributed by atoms with E-state index in [9.17, 15) is 9.18 Å². The Balaban J connectivity index is 0.00000225. The minimum absolute atomic E-state index is 0. The summed E-state index contributed by atoms with van der Waals surface area (Å²) in [6.07, 6.45) is 0.417. The maximum atomic E-state index is 13.0. The minimum Gasteiger partial charge on any atom is -0.340 e. The van der Waals surface area contributed by atoms with E-state index in [-0.39, 0.29) is 42.0 Å². The Bertz CT molecular complexity index is 693. The van der Waals surface area contributed by atoms with Crippen molar-refractivity contribution in [2.24, 2.45) is 5.73 Å². The molecule has 1 saturated heterocycles. The molecule has 25 heavy (non-hydrogen) atoms. The van der Waals surface area contributed by atoms with E-state index in [0.29, 0.717) is 19.5 Å². The monoisotopic (exact) mass is 362 g/mol.